The molecule has 30 heavy (non-hydrogen) atoms. The van der Waals surface area contributed by atoms with Crippen LogP contribution in [-0.2, 0) is 4.79 Å². The summed E-state index contributed by atoms with van der Waals surface area (Å²) in [4.78, 5) is 24.6. The van der Waals surface area contributed by atoms with Crippen LogP contribution < -0.4 is 15.0 Å². The van der Waals surface area contributed by atoms with Crippen molar-refractivity contribution in [1.82, 2.24) is 9.97 Å². The van der Waals surface area contributed by atoms with Crippen molar-refractivity contribution < 1.29 is 9.53 Å². The molecular formula is C23H25ClN4O2. The van der Waals surface area contributed by atoms with Crippen LogP contribution in [0.25, 0.3) is 11.0 Å². The molecule has 7 heteroatoms. The topological polar surface area (TPSA) is 67.4 Å². The second-order valence-electron chi connectivity index (χ2n) is 7.51. The zero-order valence-electron chi connectivity index (χ0n) is 17.2. The molecule has 1 aliphatic heterocycles. The fourth-order valence-corrected chi connectivity index (χ4v) is 3.93. The molecule has 1 fully saturated rings. The van der Waals surface area contributed by atoms with Crippen molar-refractivity contribution in [3.8, 4) is 5.88 Å². The number of benzene rings is 2. The molecule has 6 nitrogen and oxygen atoms in total. The molecule has 2 heterocycles. The average molecular weight is 425 g/mol. The van der Waals surface area contributed by atoms with Crippen LogP contribution in [0.4, 0.5) is 11.5 Å². The van der Waals surface area contributed by atoms with Gasteiger partial charge in [-0.05, 0) is 56.5 Å². The number of ether oxygens (including phenoxy) is 1. The summed E-state index contributed by atoms with van der Waals surface area (Å²) < 4.78 is 5.79. The Morgan fingerprint density at radius 3 is 2.77 bits per heavy atom. The van der Waals surface area contributed by atoms with Gasteiger partial charge in [0.15, 0.2) is 5.82 Å². The van der Waals surface area contributed by atoms with E-state index in [-0.39, 0.29) is 11.8 Å². The van der Waals surface area contributed by atoms with Crippen LogP contribution in [0.15, 0.2) is 42.5 Å². The average Bonchev–Trinajstić information content (AvgIpc) is 2.76. The summed E-state index contributed by atoms with van der Waals surface area (Å²) in [6.07, 6.45) is 1.72. The highest BCUT2D eigenvalue weighted by atomic mass is 35.5. The quantitative estimate of drug-likeness (QED) is 0.634. The molecule has 2 aromatic carbocycles. The number of piperidine rings is 1. The Hall–Kier alpha value is -2.86. The number of carbonyl (C=O) groups is 1. The minimum absolute atomic E-state index is 0.00299. The van der Waals surface area contributed by atoms with Crippen LogP contribution in [0, 0.1) is 12.8 Å². The second kappa shape index (κ2) is 8.88. The SMILES string of the molecule is CCOc1nc2ccccc2nc1N1CCC[C@@H](C(=O)Nc2cc(Cl)ccc2C)C1. The first-order valence-corrected chi connectivity index (χ1v) is 10.6. The summed E-state index contributed by atoms with van der Waals surface area (Å²) in [5.74, 6) is 1.06. The Morgan fingerprint density at radius 1 is 1.23 bits per heavy atom. The van der Waals surface area contributed by atoms with E-state index in [1.807, 2.05) is 50.2 Å². The Bertz CT molecular complexity index is 1070. The van der Waals surface area contributed by atoms with Crippen LogP contribution in [0.2, 0.25) is 5.02 Å². The monoisotopic (exact) mass is 424 g/mol. The summed E-state index contributed by atoms with van der Waals surface area (Å²) in [5, 5.41) is 3.65. The van der Waals surface area contributed by atoms with E-state index in [0.29, 0.717) is 29.9 Å². The summed E-state index contributed by atoms with van der Waals surface area (Å²) in [6.45, 7) is 5.77. The maximum Gasteiger partial charge on any atom is 0.258 e. The van der Waals surface area contributed by atoms with Crippen molar-refractivity contribution in [2.75, 3.05) is 29.9 Å². The van der Waals surface area contributed by atoms with Crippen molar-refractivity contribution in [2.45, 2.75) is 26.7 Å². The van der Waals surface area contributed by atoms with Gasteiger partial charge in [-0.2, -0.15) is 0 Å². The Balaban J connectivity index is 1.57. The third kappa shape index (κ3) is 4.33. The lowest BCUT2D eigenvalue weighted by atomic mass is 9.97. The molecule has 0 saturated carbocycles. The van der Waals surface area contributed by atoms with Gasteiger partial charge in [0.25, 0.3) is 5.88 Å². The zero-order valence-corrected chi connectivity index (χ0v) is 17.9. The first kappa shape index (κ1) is 20.4. The highest BCUT2D eigenvalue weighted by Crippen LogP contribution is 2.31. The second-order valence-corrected chi connectivity index (χ2v) is 7.94. The molecule has 1 atom stereocenters. The fraction of sp³-hybridized carbons (Fsp3) is 0.348. The van der Waals surface area contributed by atoms with Crippen LogP contribution in [0.5, 0.6) is 5.88 Å². The van der Waals surface area contributed by atoms with Gasteiger partial charge in [-0.15, -0.1) is 0 Å². The van der Waals surface area contributed by atoms with E-state index in [4.69, 9.17) is 21.3 Å². The van der Waals surface area contributed by atoms with Gasteiger partial charge in [-0.25, -0.2) is 9.97 Å². The standard InChI is InChI=1S/C23H25ClN4O2/c1-3-30-23-21(25-18-8-4-5-9-19(18)27-23)28-12-6-7-16(14-28)22(29)26-20-13-17(24)11-10-15(20)2/h4-5,8-11,13,16H,3,6-7,12,14H2,1-2H3,(H,26,29)/t16-/m1/s1. The third-order valence-corrected chi connectivity index (χ3v) is 5.59. The van der Waals surface area contributed by atoms with Gasteiger partial charge in [0.1, 0.15) is 0 Å². The Kier molecular flexibility index (Phi) is 6.04. The van der Waals surface area contributed by atoms with Gasteiger partial charge in [-0.1, -0.05) is 29.8 Å². The van der Waals surface area contributed by atoms with E-state index in [1.54, 1.807) is 6.07 Å². The molecule has 1 aliphatic rings. The third-order valence-electron chi connectivity index (χ3n) is 5.35. The molecule has 0 radical (unpaired) electrons. The molecule has 0 aliphatic carbocycles. The summed E-state index contributed by atoms with van der Waals surface area (Å²) in [7, 11) is 0. The van der Waals surface area contributed by atoms with Crippen LogP contribution >= 0.6 is 11.6 Å². The van der Waals surface area contributed by atoms with Crippen LogP contribution in [0.1, 0.15) is 25.3 Å². The Morgan fingerprint density at radius 2 is 2.00 bits per heavy atom. The van der Waals surface area contributed by atoms with E-state index in [9.17, 15) is 4.79 Å². The van der Waals surface area contributed by atoms with Gasteiger partial charge in [0.2, 0.25) is 5.91 Å². The number of hydrogen-bond acceptors (Lipinski definition) is 5. The summed E-state index contributed by atoms with van der Waals surface area (Å²) in [5.41, 5.74) is 3.36. The smallest absolute Gasteiger partial charge is 0.258 e. The predicted octanol–water partition coefficient (Wildman–Crippen LogP) is 4.85. The number of amides is 1. The Labute approximate surface area is 181 Å². The largest absolute Gasteiger partial charge is 0.475 e. The van der Waals surface area contributed by atoms with E-state index in [2.05, 4.69) is 15.2 Å². The molecule has 1 amide bonds. The number of nitrogens with one attached hydrogen (secondary N) is 1. The lowest BCUT2D eigenvalue weighted by molar-refractivity contribution is -0.120. The van der Waals surface area contributed by atoms with Crippen molar-refractivity contribution in [2.24, 2.45) is 5.92 Å². The summed E-state index contributed by atoms with van der Waals surface area (Å²) in [6, 6.07) is 13.3. The van der Waals surface area contributed by atoms with E-state index < -0.39 is 0 Å². The molecular weight excluding hydrogens is 400 g/mol. The number of aryl methyl sites for hydroxylation is 1. The van der Waals surface area contributed by atoms with Crippen molar-refractivity contribution in [3.63, 3.8) is 0 Å². The van der Waals surface area contributed by atoms with Crippen LogP contribution in [-0.4, -0.2) is 35.6 Å². The number of rotatable bonds is 5. The molecule has 0 unspecified atom stereocenters. The molecule has 1 N–H and O–H groups in total. The van der Waals surface area contributed by atoms with Crippen molar-refractivity contribution >= 4 is 40.0 Å². The first-order chi connectivity index (χ1) is 14.5. The lowest BCUT2D eigenvalue weighted by Crippen LogP contribution is -2.41. The van der Waals surface area contributed by atoms with E-state index in [0.717, 1.165) is 41.7 Å². The number of nitrogens with zero attached hydrogens (tertiary/aromatic N) is 3. The maximum absolute atomic E-state index is 13.0. The number of carbonyl (C=O) groups excluding carboxylic acids is 1. The number of halogens is 1. The van der Waals surface area contributed by atoms with Gasteiger partial charge in [0, 0.05) is 23.8 Å². The van der Waals surface area contributed by atoms with Gasteiger partial charge < -0.3 is 15.0 Å². The highest BCUT2D eigenvalue weighted by Gasteiger charge is 2.29. The predicted molar refractivity (Wildman–Crippen MR) is 120 cm³/mol. The molecule has 1 aromatic heterocycles. The lowest BCUT2D eigenvalue weighted by Gasteiger charge is -2.33. The number of aromatic nitrogens is 2. The van der Waals surface area contributed by atoms with Crippen molar-refractivity contribution in [1.29, 1.82) is 0 Å². The number of para-hydroxylation sites is 2. The van der Waals surface area contributed by atoms with Crippen molar-refractivity contribution in [3.05, 3.63) is 53.1 Å². The van der Waals surface area contributed by atoms with E-state index in [1.165, 1.54) is 0 Å². The van der Waals surface area contributed by atoms with Gasteiger partial charge in [-0.3, -0.25) is 4.79 Å². The normalized spacial score (nSPS) is 16.5. The minimum atomic E-state index is -0.153. The van der Waals surface area contributed by atoms with Gasteiger partial charge >= 0.3 is 0 Å². The molecule has 3 aromatic rings. The van der Waals surface area contributed by atoms with Gasteiger partial charge in [0.05, 0.1) is 23.6 Å². The minimum Gasteiger partial charge on any atom is -0.475 e. The van der Waals surface area contributed by atoms with Crippen LogP contribution in [0.3, 0.4) is 0 Å². The molecule has 0 spiro atoms. The molecule has 0 bridgehead atoms. The first-order valence-electron chi connectivity index (χ1n) is 10.3. The molecule has 1 saturated heterocycles. The summed E-state index contributed by atoms with van der Waals surface area (Å²) >= 11 is 6.10. The van der Waals surface area contributed by atoms with E-state index >= 15 is 0 Å². The fourth-order valence-electron chi connectivity index (χ4n) is 3.76. The number of fused-ring (bicyclic) bond motifs is 1. The molecule has 156 valence electrons. The maximum atomic E-state index is 13.0. The number of hydrogen-bond donors (Lipinski definition) is 1. The zero-order chi connectivity index (χ0) is 21.1. The molecule has 4 rings (SSSR count). The highest BCUT2D eigenvalue weighted by molar-refractivity contribution is 6.31. The number of anilines is 2.